The van der Waals surface area contributed by atoms with Gasteiger partial charge in [0.05, 0.1) is 12.1 Å². The summed E-state index contributed by atoms with van der Waals surface area (Å²) in [6, 6.07) is 5.88. The fourth-order valence-electron chi connectivity index (χ4n) is 4.06. The number of ketones is 1. The van der Waals surface area contributed by atoms with Crippen LogP contribution < -0.4 is 10.1 Å². The quantitative estimate of drug-likeness (QED) is 0.653. The number of ether oxygens (including phenoxy) is 1. The molecule has 2 aliphatic rings. The van der Waals surface area contributed by atoms with Crippen LogP contribution in [-0.4, -0.2) is 48.4 Å². The van der Waals surface area contributed by atoms with Crippen LogP contribution in [0.25, 0.3) is 0 Å². The molecule has 5 heteroatoms. The number of para-hydroxylation sites is 1. The van der Waals surface area contributed by atoms with E-state index in [9.17, 15) is 9.59 Å². The van der Waals surface area contributed by atoms with Crippen molar-refractivity contribution in [2.24, 2.45) is 5.92 Å². The van der Waals surface area contributed by atoms with Crippen molar-refractivity contribution >= 4 is 11.7 Å². The molecule has 1 aromatic carbocycles. The molecule has 1 unspecified atom stereocenters. The van der Waals surface area contributed by atoms with E-state index in [-0.39, 0.29) is 29.9 Å². The summed E-state index contributed by atoms with van der Waals surface area (Å²) >= 11 is 0. The first-order chi connectivity index (χ1) is 13.9. The average Bonchev–Trinajstić information content (AvgIpc) is 3.56. The summed E-state index contributed by atoms with van der Waals surface area (Å²) in [4.78, 5) is 26.3. The van der Waals surface area contributed by atoms with Crippen LogP contribution in [0.5, 0.6) is 5.75 Å². The summed E-state index contributed by atoms with van der Waals surface area (Å²) in [5.41, 5.74) is 2.61. The Morgan fingerprint density at radius 3 is 2.69 bits per heavy atom. The van der Waals surface area contributed by atoms with Crippen LogP contribution >= 0.6 is 0 Å². The number of carbonyl (C=O) groups is 2. The van der Waals surface area contributed by atoms with Gasteiger partial charge in [0, 0.05) is 13.6 Å². The lowest BCUT2D eigenvalue weighted by Crippen LogP contribution is -2.52. The van der Waals surface area contributed by atoms with E-state index in [0.717, 1.165) is 37.9 Å². The van der Waals surface area contributed by atoms with Gasteiger partial charge in [-0.15, -0.1) is 0 Å². The molecule has 0 aromatic heterocycles. The Kier molecular flexibility index (Phi) is 7.33. The first-order valence-corrected chi connectivity index (χ1v) is 11.2. The second-order valence-corrected chi connectivity index (χ2v) is 8.75. The largest absolute Gasteiger partial charge is 0.489 e. The highest BCUT2D eigenvalue weighted by Crippen LogP contribution is 2.35. The Bertz CT molecular complexity index is 729. The highest BCUT2D eigenvalue weighted by atomic mass is 16.5. The molecule has 3 rings (SSSR count). The molecular weight excluding hydrogens is 364 g/mol. The highest BCUT2D eigenvalue weighted by Gasteiger charge is 2.39. The lowest BCUT2D eigenvalue weighted by atomic mass is 9.96. The third-order valence-electron chi connectivity index (χ3n) is 6.44. The molecule has 3 atom stereocenters. The zero-order chi connectivity index (χ0) is 21.0. The minimum atomic E-state index is -0.385. The zero-order valence-electron chi connectivity index (χ0n) is 18.4. The van der Waals surface area contributed by atoms with Crippen LogP contribution in [0.2, 0.25) is 0 Å². The molecule has 1 heterocycles. The SMILES string of the molecule is CCCCc1cccc2c1OC(CN[C@H](C(=O)N(C)[C@H](C)C(C)=O)C1CC1)CC2. The van der Waals surface area contributed by atoms with Gasteiger partial charge in [-0.1, -0.05) is 31.5 Å². The van der Waals surface area contributed by atoms with Crippen molar-refractivity contribution in [3.8, 4) is 5.75 Å². The molecule has 1 amide bonds. The summed E-state index contributed by atoms with van der Waals surface area (Å²) in [5, 5.41) is 3.49. The summed E-state index contributed by atoms with van der Waals surface area (Å²) in [7, 11) is 1.73. The van der Waals surface area contributed by atoms with Crippen LogP contribution in [0.4, 0.5) is 0 Å². The molecule has 29 heavy (non-hydrogen) atoms. The van der Waals surface area contributed by atoms with E-state index < -0.39 is 0 Å². The summed E-state index contributed by atoms with van der Waals surface area (Å²) < 4.78 is 6.40. The van der Waals surface area contributed by atoms with Gasteiger partial charge in [0.15, 0.2) is 5.78 Å². The monoisotopic (exact) mass is 400 g/mol. The number of rotatable bonds is 10. The van der Waals surface area contributed by atoms with E-state index in [2.05, 4.69) is 30.4 Å². The van der Waals surface area contributed by atoms with E-state index in [4.69, 9.17) is 4.74 Å². The number of benzene rings is 1. The van der Waals surface area contributed by atoms with Crippen molar-refractivity contribution in [3.05, 3.63) is 29.3 Å². The van der Waals surface area contributed by atoms with E-state index in [0.29, 0.717) is 12.5 Å². The zero-order valence-corrected chi connectivity index (χ0v) is 18.4. The van der Waals surface area contributed by atoms with E-state index >= 15 is 0 Å². The summed E-state index contributed by atoms with van der Waals surface area (Å²) in [6.07, 6.45) is 7.59. The van der Waals surface area contributed by atoms with Gasteiger partial charge in [-0.3, -0.25) is 9.59 Å². The van der Waals surface area contributed by atoms with Crippen molar-refractivity contribution in [2.75, 3.05) is 13.6 Å². The molecule has 5 nitrogen and oxygen atoms in total. The molecule has 1 aliphatic heterocycles. The van der Waals surface area contributed by atoms with Gasteiger partial charge in [-0.05, 0) is 69.4 Å². The maximum absolute atomic E-state index is 13.0. The number of carbonyl (C=O) groups excluding carboxylic acids is 2. The van der Waals surface area contributed by atoms with Gasteiger partial charge < -0.3 is 15.0 Å². The lowest BCUT2D eigenvalue weighted by Gasteiger charge is -2.31. The van der Waals surface area contributed by atoms with E-state index in [1.54, 1.807) is 18.9 Å². The molecule has 1 aliphatic carbocycles. The summed E-state index contributed by atoms with van der Waals surface area (Å²) in [6.45, 7) is 6.21. The van der Waals surface area contributed by atoms with Crippen molar-refractivity contribution < 1.29 is 14.3 Å². The van der Waals surface area contributed by atoms with Gasteiger partial charge >= 0.3 is 0 Å². The van der Waals surface area contributed by atoms with Crippen LogP contribution in [-0.2, 0) is 22.4 Å². The number of likely N-dealkylation sites (N-methyl/N-ethyl adjacent to an activating group) is 1. The minimum absolute atomic E-state index is 0.0160. The number of Topliss-reactive ketones (excluding diaryl/α,β-unsaturated/α-hetero) is 1. The Balaban J connectivity index is 1.62. The third-order valence-corrected chi connectivity index (χ3v) is 6.44. The highest BCUT2D eigenvalue weighted by molar-refractivity contribution is 5.89. The van der Waals surface area contributed by atoms with Gasteiger partial charge in [0.25, 0.3) is 0 Å². The number of hydrogen-bond acceptors (Lipinski definition) is 4. The van der Waals surface area contributed by atoms with Crippen molar-refractivity contribution in [2.45, 2.75) is 83.9 Å². The second kappa shape index (κ2) is 9.75. The maximum Gasteiger partial charge on any atom is 0.240 e. The standard InChI is InChI=1S/C24H36N2O3/c1-5-6-8-19-9-7-10-20-13-14-21(29-23(19)20)15-25-22(18-11-12-18)24(28)26(4)16(2)17(3)27/h7,9-10,16,18,21-22,25H,5-6,8,11-15H2,1-4H3/t16-,21?,22+/m1/s1. The molecule has 1 fully saturated rings. The Morgan fingerprint density at radius 2 is 2.03 bits per heavy atom. The number of hydrogen-bond donors (Lipinski definition) is 1. The Hall–Kier alpha value is -1.88. The predicted octanol–water partition coefficient (Wildman–Crippen LogP) is 3.53. The normalized spacial score (nSPS) is 20.3. The number of fused-ring (bicyclic) bond motifs is 1. The molecular formula is C24H36N2O3. The molecule has 160 valence electrons. The fraction of sp³-hybridized carbons (Fsp3) is 0.667. The first kappa shape index (κ1) is 21.8. The van der Waals surface area contributed by atoms with E-state index in [1.807, 2.05) is 0 Å². The first-order valence-electron chi connectivity index (χ1n) is 11.2. The molecule has 0 bridgehead atoms. The van der Waals surface area contributed by atoms with Gasteiger partial charge in [0.1, 0.15) is 11.9 Å². The van der Waals surface area contributed by atoms with Gasteiger partial charge in [-0.25, -0.2) is 0 Å². The van der Waals surface area contributed by atoms with Crippen LogP contribution in [0.15, 0.2) is 18.2 Å². The smallest absolute Gasteiger partial charge is 0.240 e. The molecule has 1 N–H and O–H groups in total. The van der Waals surface area contributed by atoms with Crippen LogP contribution in [0, 0.1) is 5.92 Å². The molecule has 0 radical (unpaired) electrons. The average molecular weight is 401 g/mol. The number of aryl methyl sites for hydroxylation is 2. The third kappa shape index (κ3) is 5.39. The molecule has 1 aromatic rings. The second-order valence-electron chi connectivity index (χ2n) is 8.75. The van der Waals surface area contributed by atoms with Crippen molar-refractivity contribution in [1.82, 2.24) is 10.2 Å². The molecule has 0 saturated heterocycles. The van der Waals surface area contributed by atoms with Crippen LogP contribution in [0.3, 0.4) is 0 Å². The number of amides is 1. The number of nitrogens with zero attached hydrogens (tertiary/aromatic N) is 1. The number of nitrogens with one attached hydrogen (secondary N) is 1. The fourth-order valence-corrected chi connectivity index (χ4v) is 4.06. The van der Waals surface area contributed by atoms with Crippen LogP contribution in [0.1, 0.15) is 64.0 Å². The maximum atomic E-state index is 13.0. The topological polar surface area (TPSA) is 58.6 Å². The lowest BCUT2D eigenvalue weighted by molar-refractivity contribution is -0.139. The minimum Gasteiger partial charge on any atom is -0.489 e. The molecule has 0 spiro atoms. The summed E-state index contributed by atoms with van der Waals surface area (Å²) in [5.74, 6) is 1.48. The van der Waals surface area contributed by atoms with Crippen molar-refractivity contribution in [1.29, 1.82) is 0 Å². The van der Waals surface area contributed by atoms with Gasteiger partial charge in [-0.2, -0.15) is 0 Å². The Labute approximate surface area is 175 Å². The van der Waals surface area contributed by atoms with Gasteiger partial charge in [0.2, 0.25) is 5.91 Å². The molecule has 1 saturated carbocycles. The van der Waals surface area contributed by atoms with Crippen molar-refractivity contribution in [3.63, 3.8) is 0 Å². The predicted molar refractivity (Wildman–Crippen MR) is 115 cm³/mol. The van der Waals surface area contributed by atoms with E-state index in [1.165, 1.54) is 30.9 Å². The number of unbranched alkanes of at least 4 members (excludes halogenated alkanes) is 1. The Morgan fingerprint density at radius 1 is 1.28 bits per heavy atom.